The number of halogens is 1. The van der Waals surface area contributed by atoms with Crippen LogP contribution in [-0.4, -0.2) is 74.8 Å². The van der Waals surface area contributed by atoms with E-state index in [1.54, 1.807) is 0 Å². The first-order valence-corrected chi connectivity index (χ1v) is 11.0. The van der Waals surface area contributed by atoms with Crippen LogP contribution in [0.15, 0.2) is 33.7 Å². The topological polar surface area (TPSA) is 40.1 Å². The summed E-state index contributed by atoms with van der Waals surface area (Å²) in [5.74, 6) is 1.66. The summed E-state index contributed by atoms with van der Waals surface area (Å²) in [6, 6.07) is 9.29. The Hall–Kier alpha value is -1.11. The smallest absolute Gasteiger partial charge is 0.193 e. The van der Waals surface area contributed by atoms with Gasteiger partial charge in [0, 0.05) is 50.3 Å². The van der Waals surface area contributed by atoms with E-state index in [0.29, 0.717) is 12.0 Å². The fourth-order valence-corrected chi connectivity index (χ4v) is 4.55. The fourth-order valence-electron chi connectivity index (χ4n) is 4.10. The summed E-state index contributed by atoms with van der Waals surface area (Å²) in [7, 11) is 1.90. The molecule has 2 atom stereocenters. The predicted octanol–water partition coefficient (Wildman–Crippen LogP) is 3.00. The maximum absolute atomic E-state index is 5.49. The van der Waals surface area contributed by atoms with Crippen molar-refractivity contribution in [2.75, 3.05) is 53.0 Å². The molecule has 0 saturated carbocycles. The van der Waals surface area contributed by atoms with Crippen LogP contribution in [0.1, 0.15) is 25.3 Å². The first-order chi connectivity index (χ1) is 13.2. The Labute approximate surface area is 172 Å². The van der Waals surface area contributed by atoms with Crippen molar-refractivity contribution < 1.29 is 4.74 Å². The molecule has 27 heavy (non-hydrogen) atoms. The lowest BCUT2D eigenvalue weighted by atomic mass is 9.97. The number of hydrogen-bond acceptors (Lipinski definition) is 3. The molecule has 0 aliphatic carbocycles. The van der Waals surface area contributed by atoms with E-state index in [0.717, 1.165) is 69.2 Å². The summed E-state index contributed by atoms with van der Waals surface area (Å²) >= 11 is 3.58. The number of likely N-dealkylation sites (tertiary alicyclic amines) is 1. The summed E-state index contributed by atoms with van der Waals surface area (Å²) in [6.07, 6.45) is 3.47. The maximum Gasteiger partial charge on any atom is 0.193 e. The minimum atomic E-state index is 0.605. The number of benzene rings is 1. The van der Waals surface area contributed by atoms with Crippen LogP contribution in [0.5, 0.6) is 0 Å². The molecule has 2 aliphatic heterocycles. The van der Waals surface area contributed by atoms with Gasteiger partial charge in [-0.05, 0) is 36.5 Å². The number of morpholine rings is 1. The van der Waals surface area contributed by atoms with E-state index in [9.17, 15) is 0 Å². The van der Waals surface area contributed by atoms with Crippen LogP contribution in [0.25, 0.3) is 0 Å². The zero-order chi connectivity index (χ0) is 19.1. The van der Waals surface area contributed by atoms with Crippen molar-refractivity contribution in [2.45, 2.75) is 32.2 Å². The molecule has 0 amide bonds. The summed E-state index contributed by atoms with van der Waals surface area (Å²) in [4.78, 5) is 9.56. The third kappa shape index (κ3) is 5.93. The number of nitrogens with one attached hydrogen (secondary N) is 1. The van der Waals surface area contributed by atoms with Crippen LogP contribution in [-0.2, 0) is 11.2 Å². The molecule has 0 bridgehead atoms. The van der Waals surface area contributed by atoms with E-state index in [-0.39, 0.29) is 0 Å². The van der Waals surface area contributed by atoms with Gasteiger partial charge in [-0.3, -0.25) is 9.89 Å². The van der Waals surface area contributed by atoms with E-state index in [1.165, 1.54) is 12.0 Å². The highest BCUT2D eigenvalue weighted by molar-refractivity contribution is 9.10. The molecule has 3 rings (SSSR count). The minimum absolute atomic E-state index is 0.605. The van der Waals surface area contributed by atoms with Crippen molar-refractivity contribution in [1.29, 1.82) is 0 Å². The van der Waals surface area contributed by atoms with Gasteiger partial charge < -0.3 is 15.0 Å². The minimum Gasteiger partial charge on any atom is -0.379 e. The number of rotatable bonds is 6. The number of aliphatic imine (C=N–C) groups is 1. The van der Waals surface area contributed by atoms with Crippen LogP contribution in [0, 0.1) is 5.92 Å². The Balaban J connectivity index is 1.49. The Kier molecular flexibility index (Phi) is 7.97. The van der Waals surface area contributed by atoms with E-state index in [2.05, 4.69) is 67.2 Å². The van der Waals surface area contributed by atoms with Crippen LogP contribution < -0.4 is 5.32 Å². The average Bonchev–Trinajstić information content (AvgIpc) is 3.18. The third-order valence-electron chi connectivity index (χ3n) is 5.78. The van der Waals surface area contributed by atoms with Crippen LogP contribution in [0.4, 0.5) is 0 Å². The normalized spacial score (nSPS) is 22.9. The van der Waals surface area contributed by atoms with E-state index in [4.69, 9.17) is 4.74 Å². The zero-order valence-corrected chi connectivity index (χ0v) is 18.2. The molecule has 0 spiro atoms. The van der Waals surface area contributed by atoms with Crippen molar-refractivity contribution >= 4 is 21.9 Å². The van der Waals surface area contributed by atoms with Gasteiger partial charge in [-0.1, -0.05) is 41.4 Å². The second-order valence-corrected chi connectivity index (χ2v) is 8.49. The first-order valence-electron chi connectivity index (χ1n) is 10.2. The van der Waals surface area contributed by atoms with Crippen molar-refractivity contribution in [3.8, 4) is 0 Å². The third-order valence-corrected chi connectivity index (χ3v) is 6.27. The Morgan fingerprint density at radius 1 is 1.33 bits per heavy atom. The maximum atomic E-state index is 5.49. The first kappa shape index (κ1) is 20.6. The molecule has 2 heterocycles. The standard InChI is InChI=1S/C21H33BrN4O/c1-3-17(13-18-5-4-6-19(22)14-18)15-24-21(23-2)26-8-7-20(16-26)25-9-11-27-12-10-25/h4-6,14,17,20H,3,7-13,15-16H2,1-2H3,(H,23,24). The molecule has 2 unspecified atom stereocenters. The van der Waals surface area contributed by atoms with Gasteiger partial charge in [0.15, 0.2) is 5.96 Å². The quantitative estimate of drug-likeness (QED) is 0.549. The molecule has 2 fully saturated rings. The van der Waals surface area contributed by atoms with Gasteiger partial charge in [0.1, 0.15) is 0 Å². The second kappa shape index (κ2) is 10.4. The highest BCUT2D eigenvalue weighted by Gasteiger charge is 2.30. The molecule has 2 saturated heterocycles. The number of guanidine groups is 1. The summed E-state index contributed by atoms with van der Waals surface area (Å²) in [5.41, 5.74) is 1.39. The van der Waals surface area contributed by atoms with Gasteiger partial charge >= 0.3 is 0 Å². The summed E-state index contributed by atoms with van der Waals surface area (Å²) in [5, 5.41) is 3.64. The lowest BCUT2D eigenvalue weighted by molar-refractivity contribution is 0.0195. The van der Waals surface area contributed by atoms with Crippen LogP contribution in [0.3, 0.4) is 0 Å². The number of hydrogen-bond donors (Lipinski definition) is 1. The highest BCUT2D eigenvalue weighted by atomic mass is 79.9. The molecule has 1 aromatic carbocycles. The van der Waals surface area contributed by atoms with Gasteiger partial charge in [0.05, 0.1) is 13.2 Å². The van der Waals surface area contributed by atoms with E-state index >= 15 is 0 Å². The predicted molar refractivity (Wildman–Crippen MR) is 115 cm³/mol. The van der Waals surface area contributed by atoms with E-state index in [1.807, 2.05) is 7.05 Å². The highest BCUT2D eigenvalue weighted by Crippen LogP contribution is 2.19. The van der Waals surface area contributed by atoms with Gasteiger partial charge in [-0.25, -0.2) is 0 Å². The molecule has 5 nitrogen and oxygen atoms in total. The van der Waals surface area contributed by atoms with Gasteiger partial charge in [-0.2, -0.15) is 0 Å². The molecule has 1 N–H and O–H groups in total. The van der Waals surface area contributed by atoms with Gasteiger partial charge in [-0.15, -0.1) is 0 Å². The van der Waals surface area contributed by atoms with Crippen LogP contribution in [0.2, 0.25) is 0 Å². The molecule has 1 aromatic rings. The monoisotopic (exact) mass is 436 g/mol. The molecule has 0 radical (unpaired) electrons. The molecule has 0 aromatic heterocycles. The van der Waals surface area contributed by atoms with Crippen molar-refractivity contribution in [3.63, 3.8) is 0 Å². The average molecular weight is 437 g/mol. The number of ether oxygens (including phenoxy) is 1. The molecule has 150 valence electrons. The lowest BCUT2D eigenvalue weighted by Gasteiger charge is -2.32. The molecule has 6 heteroatoms. The molecule has 2 aliphatic rings. The second-order valence-electron chi connectivity index (χ2n) is 7.57. The van der Waals surface area contributed by atoms with Crippen LogP contribution >= 0.6 is 15.9 Å². The number of nitrogens with zero attached hydrogens (tertiary/aromatic N) is 3. The zero-order valence-electron chi connectivity index (χ0n) is 16.7. The van der Waals surface area contributed by atoms with E-state index < -0.39 is 0 Å². The van der Waals surface area contributed by atoms with Gasteiger partial charge in [0.2, 0.25) is 0 Å². The summed E-state index contributed by atoms with van der Waals surface area (Å²) < 4.78 is 6.65. The van der Waals surface area contributed by atoms with Crippen molar-refractivity contribution in [3.05, 3.63) is 34.3 Å². The van der Waals surface area contributed by atoms with Crippen molar-refractivity contribution in [1.82, 2.24) is 15.1 Å². The van der Waals surface area contributed by atoms with Gasteiger partial charge in [0.25, 0.3) is 0 Å². The largest absolute Gasteiger partial charge is 0.379 e. The lowest BCUT2D eigenvalue weighted by Crippen LogP contribution is -2.47. The van der Waals surface area contributed by atoms with Crippen molar-refractivity contribution in [2.24, 2.45) is 10.9 Å². The summed E-state index contributed by atoms with van der Waals surface area (Å²) in [6.45, 7) is 9.27. The fraction of sp³-hybridized carbons (Fsp3) is 0.667. The molecular formula is C21H33BrN4O. The molecular weight excluding hydrogens is 404 g/mol. The Morgan fingerprint density at radius 3 is 2.85 bits per heavy atom. The Morgan fingerprint density at radius 2 is 2.15 bits per heavy atom. The SMILES string of the molecule is CCC(CNC(=NC)N1CCC(N2CCOCC2)C1)Cc1cccc(Br)c1. The Bertz CT molecular complexity index is 618.